The lowest BCUT2D eigenvalue weighted by Crippen LogP contribution is -2.37. The molecule has 0 saturated carbocycles. The van der Waals surface area contributed by atoms with Crippen molar-refractivity contribution in [2.75, 3.05) is 18.6 Å². The van der Waals surface area contributed by atoms with E-state index in [4.69, 9.17) is 5.11 Å². The Hall–Kier alpha value is -1.00. The van der Waals surface area contributed by atoms with Gasteiger partial charge in [-0.1, -0.05) is 17.2 Å². The van der Waals surface area contributed by atoms with Crippen molar-refractivity contribution in [1.29, 1.82) is 0 Å². The van der Waals surface area contributed by atoms with Crippen LogP contribution in [0, 0.1) is 13.8 Å². The van der Waals surface area contributed by atoms with Gasteiger partial charge in [0.15, 0.2) is 0 Å². The van der Waals surface area contributed by atoms with Gasteiger partial charge in [0.1, 0.15) is 0 Å². The van der Waals surface area contributed by atoms with Crippen LogP contribution in [0.2, 0.25) is 0 Å². The lowest BCUT2D eigenvalue weighted by Gasteiger charge is -2.17. The molecule has 1 aromatic rings. The molecular weight excluding hydrogens is 246 g/mol. The molecule has 1 rings (SSSR count). The van der Waals surface area contributed by atoms with Gasteiger partial charge >= 0.3 is 0 Å². The van der Waals surface area contributed by atoms with Crippen LogP contribution in [0.1, 0.15) is 27.9 Å². The van der Waals surface area contributed by atoms with Crippen LogP contribution < -0.4 is 5.32 Å². The van der Waals surface area contributed by atoms with Crippen LogP contribution in [0.25, 0.3) is 0 Å². The molecule has 0 aliphatic carbocycles. The van der Waals surface area contributed by atoms with Gasteiger partial charge in [-0.05, 0) is 38.7 Å². The van der Waals surface area contributed by atoms with Gasteiger partial charge in [-0.2, -0.15) is 11.8 Å². The van der Waals surface area contributed by atoms with Gasteiger partial charge in [0.05, 0.1) is 0 Å². The molecule has 1 unspecified atom stereocenters. The summed E-state index contributed by atoms with van der Waals surface area (Å²) in [6.07, 6.45) is 2.59. The average molecular weight is 267 g/mol. The molecule has 1 atom stereocenters. The number of aliphatic hydroxyl groups is 1. The summed E-state index contributed by atoms with van der Waals surface area (Å²) in [5.41, 5.74) is 2.86. The van der Waals surface area contributed by atoms with Gasteiger partial charge in [-0.15, -0.1) is 0 Å². The number of hydrogen-bond donors (Lipinski definition) is 2. The van der Waals surface area contributed by atoms with Crippen molar-refractivity contribution >= 4 is 17.7 Å². The molecule has 1 amide bonds. The SMILES string of the molecule is CSCC(CCO)NC(=O)c1cc(C)cc(C)c1. The second kappa shape index (κ2) is 7.44. The van der Waals surface area contributed by atoms with Crippen LogP contribution >= 0.6 is 11.8 Å². The molecule has 0 fully saturated rings. The molecule has 4 heteroatoms. The fraction of sp³-hybridized carbons (Fsp3) is 0.500. The Kier molecular flexibility index (Phi) is 6.22. The van der Waals surface area contributed by atoms with Gasteiger partial charge in [0.2, 0.25) is 0 Å². The van der Waals surface area contributed by atoms with E-state index in [1.807, 2.05) is 38.3 Å². The minimum atomic E-state index is -0.0608. The maximum absolute atomic E-state index is 12.1. The quantitative estimate of drug-likeness (QED) is 0.830. The number of nitrogens with one attached hydrogen (secondary N) is 1. The summed E-state index contributed by atoms with van der Waals surface area (Å²) < 4.78 is 0. The highest BCUT2D eigenvalue weighted by molar-refractivity contribution is 7.98. The molecule has 0 spiro atoms. The fourth-order valence-electron chi connectivity index (χ4n) is 1.93. The summed E-state index contributed by atoms with van der Waals surface area (Å²) in [4.78, 5) is 12.1. The molecule has 1 aromatic carbocycles. The normalized spacial score (nSPS) is 12.2. The molecule has 0 bridgehead atoms. The third kappa shape index (κ3) is 4.70. The number of amides is 1. The molecule has 0 radical (unpaired) electrons. The Morgan fingerprint density at radius 3 is 2.44 bits per heavy atom. The Morgan fingerprint density at radius 1 is 1.33 bits per heavy atom. The summed E-state index contributed by atoms with van der Waals surface area (Å²) in [6.45, 7) is 4.06. The number of carbonyl (C=O) groups excluding carboxylic acids is 1. The van der Waals surface area contributed by atoms with E-state index in [1.165, 1.54) is 0 Å². The van der Waals surface area contributed by atoms with Gasteiger partial charge in [-0.25, -0.2) is 0 Å². The maximum atomic E-state index is 12.1. The van der Waals surface area contributed by atoms with Crippen molar-refractivity contribution in [1.82, 2.24) is 5.32 Å². The molecule has 18 heavy (non-hydrogen) atoms. The summed E-state index contributed by atoms with van der Waals surface area (Å²) in [7, 11) is 0. The topological polar surface area (TPSA) is 49.3 Å². The summed E-state index contributed by atoms with van der Waals surface area (Å²) in [5.74, 6) is 0.756. The van der Waals surface area contributed by atoms with Gasteiger partial charge < -0.3 is 10.4 Å². The van der Waals surface area contributed by atoms with Gasteiger partial charge in [0, 0.05) is 24.0 Å². The molecule has 2 N–H and O–H groups in total. The monoisotopic (exact) mass is 267 g/mol. The highest BCUT2D eigenvalue weighted by atomic mass is 32.2. The van der Waals surface area contributed by atoms with Crippen LogP contribution in [0.15, 0.2) is 18.2 Å². The van der Waals surface area contributed by atoms with E-state index in [0.29, 0.717) is 12.0 Å². The molecule has 0 saturated heterocycles. The molecule has 0 heterocycles. The van der Waals surface area contributed by atoms with Crippen LogP contribution in [-0.4, -0.2) is 35.7 Å². The van der Waals surface area contributed by atoms with Crippen LogP contribution in [0.5, 0.6) is 0 Å². The second-order valence-corrected chi connectivity index (χ2v) is 5.43. The van der Waals surface area contributed by atoms with E-state index in [1.54, 1.807) is 11.8 Å². The van der Waals surface area contributed by atoms with Crippen LogP contribution in [0.4, 0.5) is 0 Å². The Labute approximate surface area is 113 Å². The number of benzene rings is 1. The first-order valence-electron chi connectivity index (χ1n) is 6.05. The van der Waals surface area contributed by atoms with Crippen molar-refractivity contribution in [3.05, 3.63) is 34.9 Å². The standard InChI is InChI=1S/C14H21NO2S/c1-10-6-11(2)8-12(7-10)14(17)15-13(4-5-16)9-18-3/h6-8,13,16H,4-5,9H2,1-3H3,(H,15,17). The summed E-state index contributed by atoms with van der Waals surface area (Å²) in [5, 5.41) is 11.9. The number of hydrogen-bond acceptors (Lipinski definition) is 3. The summed E-state index contributed by atoms with van der Waals surface area (Å²) in [6, 6.07) is 5.84. The minimum Gasteiger partial charge on any atom is -0.396 e. The summed E-state index contributed by atoms with van der Waals surface area (Å²) >= 11 is 1.67. The van der Waals surface area contributed by atoms with Crippen molar-refractivity contribution < 1.29 is 9.90 Å². The van der Waals surface area contributed by atoms with E-state index in [2.05, 4.69) is 5.32 Å². The van der Waals surface area contributed by atoms with Crippen LogP contribution in [0.3, 0.4) is 0 Å². The largest absolute Gasteiger partial charge is 0.396 e. The zero-order chi connectivity index (χ0) is 13.5. The van der Waals surface area contributed by atoms with E-state index in [9.17, 15) is 4.79 Å². The predicted octanol–water partition coefficient (Wildman–Crippen LogP) is 2.15. The molecule has 100 valence electrons. The van der Waals surface area contributed by atoms with Crippen molar-refractivity contribution in [3.8, 4) is 0 Å². The smallest absolute Gasteiger partial charge is 0.251 e. The molecule has 3 nitrogen and oxygen atoms in total. The van der Waals surface area contributed by atoms with E-state index in [-0.39, 0.29) is 18.6 Å². The highest BCUT2D eigenvalue weighted by Gasteiger charge is 2.13. The van der Waals surface area contributed by atoms with E-state index < -0.39 is 0 Å². The number of carbonyl (C=O) groups is 1. The van der Waals surface area contributed by atoms with Crippen molar-refractivity contribution in [3.63, 3.8) is 0 Å². The van der Waals surface area contributed by atoms with Crippen molar-refractivity contribution in [2.45, 2.75) is 26.3 Å². The second-order valence-electron chi connectivity index (χ2n) is 4.51. The van der Waals surface area contributed by atoms with Crippen LogP contribution in [-0.2, 0) is 0 Å². The first-order chi connectivity index (χ1) is 8.56. The zero-order valence-corrected chi connectivity index (χ0v) is 12.0. The van der Waals surface area contributed by atoms with Gasteiger partial charge in [-0.3, -0.25) is 4.79 Å². The zero-order valence-electron chi connectivity index (χ0n) is 11.2. The van der Waals surface area contributed by atoms with E-state index in [0.717, 1.165) is 16.9 Å². The predicted molar refractivity (Wildman–Crippen MR) is 77.3 cm³/mol. The molecule has 0 aromatic heterocycles. The number of rotatable bonds is 6. The third-order valence-electron chi connectivity index (χ3n) is 2.66. The first-order valence-corrected chi connectivity index (χ1v) is 7.45. The molecular formula is C14H21NO2S. The third-order valence-corrected chi connectivity index (χ3v) is 3.40. The van der Waals surface area contributed by atoms with E-state index >= 15 is 0 Å². The molecule has 0 aliphatic rings. The Balaban J connectivity index is 2.73. The number of thioether (sulfide) groups is 1. The average Bonchev–Trinajstić information content (AvgIpc) is 2.28. The number of aliphatic hydroxyl groups excluding tert-OH is 1. The minimum absolute atomic E-state index is 0.0262. The maximum Gasteiger partial charge on any atom is 0.251 e. The molecule has 0 aliphatic heterocycles. The lowest BCUT2D eigenvalue weighted by molar-refractivity contribution is 0.0935. The van der Waals surface area contributed by atoms with Crippen molar-refractivity contribution in [2.24, 2.45) is 0 Å². The number of aryl methyl sites for hydroxylation is 2. The lowest BCUT2D eigenvalue weighted by atomic mass is 10.1. The highest BCUT2D eigenvalue weighted by Crippen LogP contribution is 2.10. The fourth-order valence-corrected chi connectivity index (χ4v) is 2.58. The Bertz CT molecular complexity index is 381. The Morgan fingerprint density at radius 2 is 1.94 bits per heavy atom. The van der Waals surface area contributed by atoms with Gasteiger partial charge in [0.25, 0.3) is 5.91 Å². The first kappa shape index (κ1) is 15.1.